The molecule has 108 valence electrons. The predicted molar refractivity (Wildman–Crippen MR) is 73.0 cm³/mol. The van der Waals surface area contributed by atoms with Gasteiger partial charge < -0.3 is 9.47 Å². The highest BCUT2D eigenvalue weighted by Crippen LogP contribution is 2.20. The first-order chi connectivity index (χ1) is 9.37. The Morgan fingerprint density at radius 1 is 1.35 bits per heavy atom. The van der Waals surface area contributed by atoms with E-state index in [9.17, 15) is 9.59 Å². The van der Waals surface area contributed by atoms with Gasteiger partial charge in [0.25, 0.3) is 0 Å². The van der Waals surface area contributed by atoms with Gasteiger partial charge in [0.1, 0.15) is 11.6 Å². The second-order valence-electron chi connectivity index (χ2n) is 5.75. The Morgan fingerprint density at radius 2 is 2.00 bits per heavy atom. The van der Waals surface area contributed by atoms with Gasteiger partial charge >= 0.3 is 12.1 Å². The van der Waals surface area contributed by atoms with E-state index in [1.807, 2.05) is 30.3 Å². The molecular formula is C15H19NO4. The lowest BCUT2D eigenvalue weighted by atomic mass is 10.1. The van der Waals surface area contributed by atoms with Gasteiger partial charge in [-0.05, 0) is 26.3 Å². The van der Waals surface area contributed by atoms with Crippen LogP contribution in [-0.2, 0) is 20.7 Å². The van der Waals surface area contributed by atoms with E-state index in [2.05, 4.69) is 0 Å². The maximum absolute atomic E-state index is 12.1. The van der Waals surface area contributed by atoms with Gasteiger partial charge in [-0.25, -0.2) is 9.59 Å². The molecule has 0 bridgehead atoms. The summed E-state index contributed by atoms with van der Waals surface area (Å²) in [6.45, 7) is 5.31. The average molecular weight is 277 g/mol. The maximum atomic E-state index is 12.1. The molecule has 1 amide bonds. The number of nitrogens with zero attached hydrogens (tertiary/aromatic N) is 1. The molecule has 1 fully saturated rings. The number of carbonyl (C=O) groups excluding carboxylic acids is 2. The summed E-state index contributed by atoms with van der Waals surface area (Å²) in [7, 11) is 0. The van der Waals surface area contributed by atoms with E-state index in [0.717, 1.165) is 5.56 Å². The quantitative estimate of drug-likeness (QED) is 0.779. The Bertz CT molecular complexity index is 492. The topological polar surface area (TPSA) is 55.8 Å². The summed E-state index contributed by atoms with van der Waals surface area (Å²) >= 11 is 0. The van der Waals surface area contributed by atoms with Gasteiger partial charge in [0.15, 0.2) is 6.73 Å². The number of ether oxygens (including phenoxy) is 2. The monoisotopic (exact) mass is 277 g/mol. The number of cyclic esters (lactones) is 1. The predicted octanol–water partition coefficient (Wildman–Crippen LogP) is 2.35. The van der Waals surface area contributed by atoms with Crippen molar-refractivity contribution in [1.29, 1.82) is 0 Å². The molecule has 5 nitrogen and oxygen atoms in total. The van der Waals surface area contributed by atoms with Crippen LogP contribution in [0.4, 0.5) is 4.79 Å². The number of hydrogen-bond acceptors (Lipinski definition) is 4. The maximum Gasteiger partial charge on any atom is 0.413 e. The minimum Gasteiger partial charge on any atom is -0.444 e. The zero-order valence-electron chi connectivity index (χ0n) is 12.0. The lowest BCUT2D eigenvalue weighted by Crippen LogP contribution is -2.42. The van der Waals surface area contributed by atoms with Gasteiger partial charge in [-0.3, -0.25) is 4.90 Å². The van der Waals surface area contributed by atoms with Crippen LogP contribution in [-0.4, -0.2) is 35.3 Å². The molecular weight excluding hydrogens is 258 g/mol. The smallest absolute Gasteiger partial charge is 0.413 e. The fourth-order valence-electron chi connectivity index (χ4n) is 1.98. The summed E-state index contributed by atoms with van der Waals surface area (Å²) in [4.78, 5) is 25.2. The van der Waals surface area contributed by atoms with Crippen molar-refractivity contribution >= 4 is 12.1 Å². The molecule has 0 saturated carbocycles. The molecule has 0 radical (unpaired) electrons. The Kier molecular flexibility index (Phi) is 3.97. The highest BCUT2D eigenvalue weighted by atomic mass is 16.6. The first-order valence-corrected chi connectivity index (χ1v) is 6.57. The highest BCUT2D eigenvalue weighted by molar-refractivity contribution is 5.84. The van der Waals surface area contributed by atoms with Crippen LogP contribution in [0.25, 0.3) is 0 Å². The Labute approximate surface area is 118 Å². The summed E-state index contributed by atoms with van der Waals surface area (Å²) in [6, 6.07) is 8.91. The van der Waals surface area contributed by atoms with E-state index in [4.69, 9.17) is 9.47 Å². The Hall–Kier alpha value is -2.04. The van der Waals surface area contributed by atoms with Crippen LogP contribution in [0.1, 0.15) is 26.3 Å². The van der Waals surface area contributed by atoms with E-state index in [-0.39, 0.29) is 12.7 Å². The van der Waals surface area contributed by atoms with Crippen LogP contribution in [0.5, 0.6) is 0 Å². The standard InChI is InChI=1S/C15H19NO4/c1-15(2,3)20-14(18)16-10-19-13(17)12(16)9-11-7-5-4-6-8-11/h4-8,12H,9-10H2,1-3H3/t12-/m1/s1. The lowest BCUT2D eigenvalue weighted by molar-refractivity contribution is -0.139. The van der Waals surface area contributed by atoms with Crippen molar-refractivity contribution in [2.24, 2.45) is 0 Å². The van der Waals surface area contributed by atoms with Crippen LogP contribution in [0.15, 0.2) is 30.3 Å². The molecule has 1 aliphatic heterocycles. The van der Waals surface area contributed by atoms with Crippen LogP contribution in [0.2, 0.25) is 0 Å². The van der Waals surface area contributed by atoms with Crippen LogP contribution < -0.4 is 0 Å². The third-order valence-corrected chi connectivity index (χ3v) is 2.89. The average Bonchev–Trinajstić information content (AvgIpc) is 2.70. The number of hydrogen-bond donors (Lipinski definition) is 0. The Morgan fingerprint density at radius 3 is 2.60 bits per heavy atom. The van der Waals surface area contributed by atoms with E-state index >= 15 is 0 Å². The summed E-state index contributed by atoms with van der Waals surface area (Å²) in [5, 5.41) is 0. The van der Waals surface area contributed by atoms with Gasteiger partial charge in [-0.2, -0.15) is 0 Å². The first kappa shape index (κ1) is 14.4. The molecule has 0 unspecified atom stereocenters. The molecule has 1 saturated heterocycles. The number of benzene rings is 1. The highest BCUT2D eigenvalue weighted by Gasteiger charge is 2.39. The number of carbonyl (C=O) groups is 2. The fraction of sp³-hybridized carbons (Fsp3) is 0.467. The van der Waals surface area contributed by atoms with Crippen LogP contribution in [0, 0.1) is 0 Å². The van der Waals surface area contributed by atoms with Crippen LogP contribution in [0.3, 0.4) is 0 Å². The molecule has 20 heavy (non-hydrogen) atoms. The van der Waals surface area contributed by atoms with Crippen molar-refractivity contribution in [1.82, 2.24) is 4.90 Å². The second-order valence-corrected chi connectivity index (χ2v) is 5.75. The minimum absolute atomic E-state index is 0.0504. The first-order valence-electron chi connectivity index (χ1n) is 6.57. The molecule has 1 atom stereocenters. The van der Waals surface area contributed by atoms with Crippen molar-refractivity contribution in [2.45, 2.75) is 38.8 Å². The van der Waals surface area contributed by atoms with E-state index < -0.39 is 17.7 Å². The lowest BCUT2D eigenvalue weighted by Gasteiger charge is -2.25. The third kappa shape index (κ3) is 3.50. The van der Waals surface area contributed by atoms with E-state index in [1.54, 1.807) is 20.8 Å². The Balaban J connectivity index is 2.09. The van der Waals surface area contributed by atoms with Crippen molar-refractivity contribution in [3.63, 3.8) is 0 Å². The van der Waals surface area contributed by atoms with Gasteiger partial charge in [0, 0.05) is 6.42 Å². The second kappa shape index (κ2) is 5.53. The van der Waals surface area contributed by atoms with Gasteiger partial charge in [-0.1, -0.05) is 30.3 Å². The molecule has 0 spiro atoms. The van der Waals surface area contributed by atoms with Crippen molar-refractivity contribution in [2.75, 3.05) is 6.73 Å². The molecule has 5 heteroatoms. The van der Waals surface area contributed by atoms with Gasteiger partial charge in [0.05, 0.1) is 0 Å². The molecule has 1 aromatic rings. The SMILES string of the molecule is CC(C)(C)OC(=O)N1COC(=O)[C@H]1Cc1ccccc1. The summed E-state index contributed by atoms with van der Waals surface area (Å²) < 4.78 is 10.3. The normalized spacial score (nSPS) is 18.9. The third-order valence-electron chi connectivity index (χ3n) is 2.89. The molecule has 1 aromatic carbocycles. The largest absolute Gasteiger partial charge is 0.444 e. The number of rotatable bonds is 2. The van der Waals surface area contributed by atoms with Crippen molar-refractivity contribution < 1.29 is 19.1 Å². The van der Waals surface area contributed by atoms with Crippen molar-refractivity contribution in [3.05, 3.63) is 35.9 Å². The summed E-state index contributed by atoms with van der Waals surface area (Å²) in [6.07, 6.45) is -0.0943. The zero-order chi connectivity index (χ0) is 14.8. The molecule has 0 aliphatic carbocycles. The summed E-state index contributed by atoms with van der Waals surface area (Å²) in [5.74, 6) is -0.389. The summed E-state index contributed by atoms with van der Waals surface area (Å²) in [5.41, 5.74) is 0.380. The van der Waals surface area contributed by atoms with Crippen LogP contribution >= 0.6 is 0 Å². The molecule has 2 rings (SSSR count). The number of amides is 1. The van der Waals surface area contributed by atoms with Crippen molar-refractivity contribution in [3.8, 4) is 0 Å². The van der Waals surface area contributed by atoms with Gasteiger partial charge in [0.2, 0.25) is 0 Å². The van der Waals surface area contributed by atoms with E-state index in [0.29, 0.717) is 6.42 Å². The molecule has 0 N–H and O–H groups in total. The van der Waals surface area contributed by atoms with Gasteiger partial charge in [-0.15, -0.1) is 0 Å². The molecule has 1 aliphatic rings. The fourth-order valence-corrected chi connectivity index (χ4v) is 1.98. The minimum atomic E-state index is -0.618. The molecule has 1 heterocycles. The number of esters is 1. The zero-order valence-corrected chi connectivity index (χ0v) is 12.0. The van der Waals surface area contributed by atoms with E-state index in [1.165, 1.54) is 4.90 Å². The molecule has 0 aromatic heterocycles.